The number of hydrogen-bond acceptors (Lipinski definition) is 4. The summed E-state index contributed by atoms with van der Waals surface area (Å²) < 4.78 is 5.21. The summed E-state index contributed by atoms with van der Waals surface area (Å²) in [5.41, 5.74) is 0.985. The number of carbonyl (C=O) groups excluding carboxylic acids is 3. The quantitative estimate of drug-likeness (QED) is 0.883. The molecular weight excluding hydrogens is 332 g/mol. The molecule has 0 spiro atoms. The normalized spacial score (nSPS) is 30.7. The van der Waals surface area contributed by atoms with Crippen LogP contribution in [0.1, 0.15) is 43.0 Å². The molecule has 1 aromatic rings. The molecule has 6 heteroatoms. The van der Waals surface area contributed by atoms with E-state index in [0.29, 0.717) is 35.9 Å². The number of hydrogen-bond donors (Lipinski definition) is 1. The molecule has 1 aromatic carbocycles. The van der Waals surface area contributed by atoms with E-state index in [1.54, 1.807) is 25.3 Å². The second-order valence-corrected chi connectivity index (χ2v) is 7.54. The summed E-state index contributed by atoms with van der Waals surface area (Å²) in [7, 11) is 1.54. The van der Waals surface area contributed by atoms with Gasteiger partial charge < -0.3 is 15.0 Å². The number of fused-ring (bicyclic) bond motifs is 2. The first-order valence-corrected chi connectivity index (χ1v) is 9.36. The van der Waals surface area contributed by atoms with Gasteiger partial charge in [0.2, 0.25) is 11.8 Å². The average Bonchev–Trinajstić information content (AvgIpc) is 2.66. The van der Waals surface area contributed by atoms with Crippen LogP contribution in [-0.2, 0) is 9.59 Å². The van der Waals surface area contributed by atoms with Crippen LogP contribution in [0.25, 0.3) is 0 Å². The highest BCUT2D eigenvalue weighted by Gasteiger charge is 2.53. The first kappa shape index (κ1) is 17.1. The third-order valence-electron chi connectivity index (χ3n) is 6.24. The molecule has 1 unspecified atom stereocenters. The van der Waals surface area contributed by atoms with Gasteiger partial charge in [0, 0.05) is 30.5 Å². The molecule has 3 heterocycles. The molecule has 26 heavy (non-hydrogen) atoms. The van der Waals surface area contributed by atoms with Gasteiger partial charge in [0.1, 0.15) is 5.75 Å². The van der Waals surface area contributed by atoms with Gasteiger partial charge >= 0.3 is 0 Å². The third-order valence-corrected chi connectivity index (χ3v) is 6.24. The van der Waals surface area contributed by atoms with Crippen LogP contribution in [0.3, 0.4) is 0 Å². The van der Waals surface area contributed by atoms with Gasteiger partial charge in [-0.3, -0.25) is 14.4 Å². The number of piperidine rings is 2. The lowest BCUT2D eigenvalue weighted by Gasteiger charge is -2.53. The van der Waals surface area contributed by atoms with E-state index in [2.05, 4.69) is 12.2 Å². The van der Waals surface area contributed by atoms with E-state index in [-0.39, 0.29) is 41.9 Å². The predicted octanol–water partition coefficient (Wildman–Crippen LogP) is 2.48. The third kappa shape index (κ3) is 2.59. The fourth-order valence-corrected chi connectivity index (χ4v) is 4.93. The van der Waals surface area contributed by atoms with Crippen LogP contribution >= 0.6 is 0 Å². The Labute approximate surface area is 152 Å². The second-order valence-electron chi connectivity index (χ2n) is 7.54. The zero-order chi connectivity index (χ0) is 18.4. The summed E-state index contributed by atoms with van der Waals surface area (Å²) in [6, 6.07) is 5.04. The molecule has 4 aliphatic rings. The lowest BCUT2D eigenvalue weighted by Crippen LogP contribution is -2.63. The number of benzene rings is 1. The minimum atomic E-state index is -0.209. The van der Waals surface area contributed by atoms with E-state index >= 15 is 0 Å². The molecule has 5 rings (SSSR count). The van der Waals surface area contributed by atoms with Crippen LogP contribution in [0.15, 0.2) is 18.2 Å². The smallest absolute Gasteiger partial charge is 0.229 e. The van der Waals surface area contributed by atoms with Crippen molar-refractivity contribution in [1.29, 1.82) is 0 Å². The zero-order valence-corrected chi connectivity index (χ0v) is 15.2. The fraction of sp³-hybridized carbons (Fsp3) is 0.550. The van der Waals surface area contributed by atoms with E-state index in [4.69, 9.17) is 4.74 Å². The van der Waals surface area contributed by atoms with Crippen LogP contribution < -0.4 is 10.1 Å². The summed E-state index contributed by atoms with van der Waals surface area (Å²) in [4.78, 5) is 40.4. The Balaban J connectivity index is 1.75. The summed E-state index contributed by atoms with van der Waals surface area (Å²) in [6.45, 7) is 2.50. The molecule has 4 atom stereocenters. The summed E-state index contributed by atoms with van der Waals surface area (Å²) in [5.74, 6) is 0.543. The molecule has 1 saturated carbocycles. The van der Waals surface area contributed by atoms with Gasteiger partial charge in [-0.25, -0.2) is 0 Å². The zero-order valence-electron chi connectivity index (χ0n) is 15.2. The Morgan fingerprint density at radius 1 is 1.23 bits per heavy atom. The molecule has 2 saturated heterocycles. The minimum Gasteiger partial charge on any atom is -0.497 e. The molecule has 4 bridgehead atoms. The summed E-state index contributed by atoms with van der Waals surface area (Å²) >= 11 is 0. The first-order chi connectivity index (χ1) is 12.5. The number of ketones is 1. The van der Waals surface area contributed by atoms with Crippen LogP contribution in [0.5, 0.6) is 5.75 Å². The van der Waals surface area contributed by atoms with Crippen LogP contribution in [0, 0.1) is 17.8 Å². The highest BCUT2D eigenvalue weighted by Crippen LogP contribution is 2.45. The van der Waals surface area contributed by atoms with Gasteiger partial charge in [0.15, 0.2) is 5.78 Å². The second kappa shape index (κ2) is 6.41. The Kier molecular flexibility index (Phi) is 4.21. The first-order valence-electron chi connectivity index (χ1n) is 9.36. The topological polar surface area (TPSA) is 75.7 Å². The maximum atomic E-state index is 13.0. The SMILES string of the molecule is CC[C@H]1C[C@@H]2C[C@H]3C(=O)Nc4ccc(OC)cc4C(=O)CCN(C2=O)C13. The van der Waals surface area contributed by atoms with E-state index < -0.39 is 0 Å². The average molecular weight is 356 g/mol. The number of nitrogens with one attached hydrogen (secondary N) is 1. The Bertz CT molecular complexity index is 775. The summed E-state index contributed by atoms with van der Waals surface area (Å²) in [5, 5.41) is 2.96. The van der Waals surface area contributed by atoms with Gasteiger partial charge in [-0.1, -0.05) is 13.3 Å². The lowest BCUT2D eigenvalue weighted by molar-refractivity contribution is -0.159. The predicted molar refractivity (Wildman–Crippen MR) is 96.1 cm³/mol. The lowest BCUT2D eigenvalue weighted by atomic mass is 9.65. The van der Waals surface area contributed by atoms with Crippen molar-refractivity contribution < 1.29 is 19.1 Å². The highest BCUT2D eigenvalue weighted by molar-refractivity contribution is 6.06. The molecule has 138 valence electrons. The van der Waals surface area contributed by atoms with Crippen molar-refractivity contribution in [3.05, 3.63) is 23.8 Å². The van der Waals surface area contributed by atoms with E-state index in [0.717, 1.165) is 12.8 Å². The van der Waals surface area contributed by atoms with Gasteiger partial charge in [-0.05, 0) is 37.0 Å². The largest absolute Gasteiger partial charge is 0.497 e. The van der Waals surface area contributed by atoms with E-state index in [1.165, 1.54) is 0 Å². The van der Waals surface area contributed by atoms with Crippen molar-refractivity contribution in [2.24, 2.45) is 17.8 Å². The molecular formula is C20H24N2O4. The number of ether oxygens (including phenoxy) is 1. The van der Waals surface area contributed by atoms with Crippen molar-refractivity contribution in [3.8, 4) is 5.75 Å². The molecule has 3 aliphatic heterocycles. The van der Waals surface area contributed by atoms with Gasteiger partial charge in [-0.2, -0.15) is 0 Å². The number of amides is 2. The van der Waals surface area contributed by atoms with Gasteiger partial charge in [-0.15, -0.1) is 0 Å². The summed E-state index contributed by atoms with van der Waals surface area (Å²) in [6.07, 6.45) is 2.67. The number of methoxy groups -OCH3 is 1. The number of Topliss-reactive ketones (excluding diaryl/α,β-unsaturated/α-hetero) is 1. The maximum Gasteiger partial charge on any atom is 0.229 e. The molecule has 2 amide bonds. The van der Waals surface area contributed by atoms with Crippen molar-refractivity contribution in [2.45, 2.75) is 38.6 Å². The molecule has 1 N–H and O–H groups in total. The molecule has 3 fully saturated rings. The van der Waals surface area contributed by atoms with Crippen molar-refractivity contribution in [3.63, 3.8) is 0 Å². The Morgan fingerprint density at radius 2 is 2.04 bits per heavy atom. The number of rotatable bonds is 2. The molecule has 6 nitrogen and oxygen atoms in total. The number of nitrogens with zero attached hydrogens (tertiary/aromatic N) is 1. The van der Waals surface area contributed by atoms with Crippen molar-refractivity contribution >= 4 is 23.3 Å². The molecule has 0 radical (unpaired) electrons. The minimum absolute atomic E-state index is 0.0834. The van der Waals surface area contributed by atoms with E-state index in [9.17, 15) is 14.4 Å². The maximum absolute atomic E-state index is 13.0. The van der Waals surface area contributed by atoms with Crippen molar-refractivity contribution in [2.75, 3.05) is 19.0 Å². The molecule has 1 aliphatic carbocycles. The van der Waals surface area contributed by atoms with Crippen LogP contribution in [-0.4, -0.2) is 42.2 Å². The number of anilines is 1. The van der Waals surface area contributed by atoms with E-state index in [1.807, 2.05) is 4.90 Å². The van der Waals surface area contributed by atoms with Gasteiger partial charge in [0.05, 0.1) is 18.7 Å². The standard InChI is InChI=1S/C20H24N2O4/c1-3-11-8-12-9-15-18(11)22(20(12)25)7-6-17(23)14-10-13(26-2)4-5-16(14)21-19(15)24/h4-5,10-12,15,18H,3,6-9H2,1-2H3,(H,21,24)/t11-,12+,15+,18?/m0/s1. The Hall–Kier alpha value is -2.37. The van der Waals surface area contributed by atoms with Crippen molar-refractivity contribution in [1.82, 2.24) is 4.90 Å². The number of carbonyl (C=O) groups is 3. The molecule has 0 aromatic heterocycles. The highest BCUT2D eigenvalue weighted by atomic mass is 16.5. The fourth-order valence-electron chi connectivity index (χ4n) is 4.93. The monoisotopic (exact) mass is 356 g/mol. The van der Waals surface area contributed by atoms with Crippen LogP contribution in [0.4, 0.5) is 5.69 Å². The van der Waals surface area contributed by atoms with Gasteiger partial charge in [0.25, 0.3) is 0 Å². The Morgan fingerprint density at radius 3 is 2.77 bits per heavy atom. The van der Waals surface area contributed by atoms with Crippen LogP contribution in [0.2, 0.25) is 0 Å².